The van der Waals surface area contributed by atoms with E-state index in [-0.39, 0.29) is 12.7 Å². The molecule has 0 aliphatic heterocycles. The predicted molar refractivity (Wildman–Crippen MR) is 59.7 cm³/mol. The molecule has 0 saturated carbocycles. The molecule has 2 N–H and O–H groups in total. The molecule has 0 saturated heterocycles. The van der Waals surface area contributed by atoms with Gasteiger partial charge in [0.05, 0.1) is 18.4 Å². The maximum atomic E-state index is 9.17. The maximum Gasteiger partial charge on any atom is 0.0853 e. The molecule has 84 valence electrons. The number of hydrogen-bond donors (Lipinski definition) is 2. The van der Waals surface area contributed by atoms with Gasteiger partial charge in [-0.2, -0.15) is 0 Å². The standard InChI is InChI=1S/C11H18N2O2/c1-9(15)4-6-13(2)11-3-5-12-10(7-11)8-14/h3,5,7,9,14-15H,4,6,8H2,1-2H3. The third kappa shape index (κ3) is 3.85. The first-order chi connectivity index (χ1) is 7.13. The van der Waals surface area contributed by atoms with Gasteiger partial charge in [0.2, 0.25) is 0 Å². The van der Waals surface area contributed by atoms with E-state index in [0.717, 1.165) is 18.7 Å². The lowest BCUT2D eigenvalue weighted by Gasteiger charge is -2.20. The first-order valence-corrected chi connectivity index (χ1v) is 5.08. The van der Waals surface area contributed by atoms with Gasteiger partial charge in [0.1, 0.15) is 0 Å². The summed E-state index contributed by atoms with van der Waals surface area (Å²) in [6.45, 7) is 2.52. The number of rotatable bonds is 5. The van der Waals surface area contributed by atoms with Crippen LogP contribution in [0.25, 0.3) is 0 Å². The second kappa shape index (κ2) is 5.68. The minimum Gasteiger partial charge on any atom is -0.393 e. The van der Waals surface area contributed by atoms with Gasteiger partial charge in [-0.05, 0) is 25.5 Å². The van der Waals surface area contributed by atoms with Gasteiger partial charge in [-0.15, -0.1) is 0 Å². The van der Waals surface area contributed by atoms with E-state index in [1.807, 2.05) is 24.1 Å². The highest BCUT2D eigenvalue weighted by atomic mass is 16.3. The summed E-state index contributed by atoms with van der Waals surface area (Å²) in [6.07, 6.45) is 2.12. The first kappa shape index (κ1) is 11.9. The van der Waals surface area contributed by atoms with Crippen molar-refractivity contribution in [1.29, 1.82) is 0 Å². The fourth-order valence-corrected chi connectivity index (χ4v) is 1.30. The van der Waals surface area contributed by atoms with Crippen LogP contribution in [0.15, 0.2) is 18.3 Å². The highest BCUT2D eigenvalue weighted by Crippen LogP contribution is 2.13. The van der Waals surface area contributed by atoms with Crippen LogP contribution >= 0.6 is 0 Å². The van der Waals surface area contributed by atoms with E-state index in [4.69, 9.17) is 10.2 Å². The molecule has 1 aromatic heterocycles. The molecule has 4 nitrogen and oxygen atoms in total. The first-order valence-electron chi connectivity index (χ1n) is 5.08. The Bertz CT molecular complexity index is 302. The molecule has 4 heteroatoms. The summed E-state index contributed by atoms with van der Waals surface area (Å²) in [5, 5.41) is 18.1. The molecule has 15 heavy (non-hydrogen) atoms. The van der Waals surface area contributed by atoms with Gasteiger partial charge in [-0.1, -0.05) is 0 Å². The molecule has 1 rings (SSSR count). The summed E-state index contributed by atoms with van der Waals surface area (Å²) in [5.74, 6) is 0. The van der Waals surface area contributed by atoms with Crippen molar-refractivity contribution in [3.63, 3.8) is 0 Å². The lowest BCUT2D eigenvalue weighted by atomic mass is 10.2. The van der Waals surface area contributed by atoms with Crippen LogP contribution < -0.4 is 4.90 Å². The van der Waals surface area contributed by atoms with E-state index in [1.54, 1.807) is 13.1 Å². The van der Waals surface area contributed by atoms with Crippen molar-refractivity contribution in [2.24, 2.45) is 0 Å². The van der Waals surface area contributed by atoms with Crippen LogP contribution in [0.3, 0.4) is 0 Å². The van der Waals surface area contributed by atoms with Gasteiger partial charge in [-0.25, -0.2) is 0 Å². The molecule has 0 radical (unpaired) electrons. The van der Waals surface area contributed by atoms with Crippen LogP contribution in [0, 0.1) is 0 Å². The molecular weight excluding hydrogens is 192 g/mol. The third-order valence-corrected chi connectivity index (χ3v) is 2.29. The van der Waals surface area contributed by atoms with E-state index in [1.165, 1.54) is 0 Å². The topological polar surface area (TPSA) is 56.6 Å². The van der Waals surface area contributed by atoms with Gasteiger partial charge in [-0.3, -0.25) is 4.98 Å². The van der Waals surface area contributed by atoms with E-state index in [9.17, 15) is 0 Å². The molecule has 0 amide bonds. The third-order valence-electron chi connectivity index (χ3n) is 2.29. The summed E-state index contributed by atoms with van der Waals surface area (Å²) in [6, 6.07) is 3.74. The summed E-state index contributed by atoms with van der Waals surface area (Å²) in [7, 11) is 1.96. The molecule has 1 aromatic rings. The Kier molecular flexibility index (Phi) is 4.52. The molecule has 0 bridgehead atoms. The van der Waals surface area contributed by atoms with Gasteiger partial charge < -0.3 is 15.1 Å². The SMILES string of the molecule is CC(O)CCN(C)c1ccnc(CO)c1. The Morgan fingerprint density at radius 3 is 2.87 bits per heavy atom. The second-order valence-corrected chi connectivity index (χ2v) is 3.72. The summed E-state index contributed by atoms with van der Waals surface area (Å²) < 4.78 is 0. The van der Waals surface area contributed by atoms with Crippen molar-refractivity contribution in [3.05, 3.63) is 24.0 Å². The highest BCUT2D eigenvalue weighted by Gasteiger charge is 2.03. The van der Waals surface area contributed by atoms with E-state index in [2.05, 4.69) is 4.98 Å². The number of aromatic nitrogens is 1. The number of aliphatic hydroxyl groups excluding tert-OH is 2. The molecule has 0 aliphatic carbocycles. The Hall–Kier alpha value is -1.13. The molecule has 1 unspecified atom stereocenters. The van der Waals surface area contributed by atoms with Crippen molar-refractivity contribution >= 4 is 5.69 Å². The van der Waals surface area contributed by atoms with E-state index < -0.39 is 0 Å². The summed E-state index contributed by atoms with van der Waals surface area (Å²) >= 11 is 0. The molecule has 0 spiro atoms. The van der Waals surface area contributed by atoms with E-state index in [0.29, 0.717) is 5.69 Å². The number of pyridine rings is 1. The zero-order valence-corrected chi connectivity index (χ0v) is 9.22. The molecule has 1 atom stereocenters. The van der Waals surface area contributed by atoms with Gasteiger partial charge in [0.25, 0.3) is 0 Å². The fraction of sp³-hybridized carbons (Fsp3) is 0.545. The number of aliphatic hydroxyl groups is 2. The van der Waals surface area contributed by atoms with Crippen molar-refractivity contribution in [2.75, 3.05) is 18.5 Å². The van der Waals surface area contributed by atoms with Gasteiger partial charge >= 0.3 is 0 Å². The van der Waals surface area contributed by atoms with Crippen LogP contribution in [0.5, 0.6) is 0 Å². The minimum absolute atomic E-state index is 0.0436. The normalized spacial score (nSPS) is 12.5. The number of nitrogens with zero attached hydrogens (tertiary/aromatic N) is 2. The molecule has 1 heterocycles. The molecule has 0 fully saturated rings. The molecule has 0 aliphatic rings. The van der Waals surface area contributed by atoms with Crippen molar-refractivity contribution in [1.82, 2.24) is 4.98 Å². The largest absolute Gasteiger partial charge is 0.393 e. The monoisotopic (exact) mass is 210 g/mol. The minimum atomic E-state index is -0.286. The summed E-state index contributed by atoms with van der Waals surface area (Å²) in [4.78, 5) is 6.04. The summed E-state index contributed by atoms with van der Waals surface area (Å²) in [5.41, 5.74) is 1.67. The van der Waals surface area contributed by atoms with Crippen molar-refractivity contribution < 1.29 is 10.2 Å². The van der Waals surface area contributed by atoms with Crippen LogP contribution in [0.4, 0.5) is 5.69 Å². The Labute approximate surface area is 90.2 Å². The lowest BCUT2D eigenvalue weighted by Crippen LogP contribution is -2.21. The van der Waals surface area contributed by atoms with Gasteiger partial charge in [0, 0.05) is 25.5 Å². The highest BCUT2D eigenvalue weighted by molar-refractivity contribution is 5.45. The number of anilines is 1. The second-order valence-electron chi connectivity index (χ2n) is 3.72. The van der Waals surface area contributed by atoms with Crippen molar-refractivity contribution in [3.8, 4) is 0 Å². The average Bonchev–Trinajstić information content (AvgIpc) is 2.26. The zero-order chi connectivity index (χ0) is 11.3. The Morgan fingerprint density at radius 1 is 1.53 bits per heavy atom. The van der Waals surface area contributed by atoms with Crippen LogP contribution in [0.1, 0.15) is 19.0 Å². The van der Waals surface area contributed by atoms with Crippen LogP contribution in [-0.2, 0) is 6.61 Å². The van der Waals surface area contributed by atoms with E-state index >= 15 is 0 Å². The maximum absolute atomic E-state index is 9.17. The molecular formula is C11H18N2O2. The lowest BCUT2D eigenvalue weighted by molar-refractivity contribution is 0.187. The van der Waals surface area contributed by atoms with Crippen LogP contribution in [-0.4, -0.2) is 34.9 Å². The zero-order valence-electron chi connectivity index (χ0n) is 9.22. The van der Waals surface area contributed by atoms with Crippen molar-refractivity contribution in [2.45, 2.75) is 26.1 Å². The van der Waals surface area contributed by atoms with Crippen LogP contribution in [0.2, 0.25) is 0 Å². The Morgan fingerprint density at radius 2 is 2.27 bits per heavy atom. The number of hydrogen-bond acceptors (Lipinski definition) is 4. The fourth-order valence-electron chi connectivity index (χ4n) is 1.30. The Balaban J connectivity index is 2.60. The molecule has 0 aromatic carbocycles. The quantitative estimate of drug-likeness (QED) is 0.754. The average molecular weight is 210 g/mol. The smallest absolute Gasteiger partial charge is 0.0853 e. The van der Waals surface area contributed by atoms with Gasteiger partial charge in [0.15, 0.2) is 0 Å². The predicted octanol–water partition coefficient (Wildman–Crippen LogP) is 0.781.